The molecule has 0 saturated heterocycles. The first-order chi connectivity index (χ1) is 12.9. The standard InChI is InChI=1S/C20H18Cl2N2O3/c1-11-7-8-17(12(2)9-11)26-10-14-13(3)27-24-18(14)20(25)23-19-15(21)5-4-6-16(19)22/h4-9H,10H2,1-3H3,(H,23,25). The van der Waals surface area contributed by atoms with E-state index >= 15 is 0 Å². The number of halogens is 2. The van der Waals surface area contributed by atoms with Crippen molar-refractivity contribution in [1.29, 1.82) is 0 Å². The highest BCUT2D eigenvalue weighted by Gasteiger charge is 2.22. The number of carbonyl (C=O) groups is 1. The molecule has 2 aromatic carbocycles. The molecule has 5 nitrogen and oxygen atoms in total. The number of aryl methyl sites for hydroxylation is 3. The van der Waals surface area contributed by atoms with Crippen LogP contribution in [0.4, 0.5) is 5.69 Å². The van der Waals surface area contributed by atoms with Gasteiger partial charge in [-0.3, -0.25) is 4.79 Å². The number of para-hydroxylation sites is 1. The van der Waals surface area contributed by atoms with Crippen LogP contribution in [0.2, 0.25) is 10.0 Å². The number of amides is 1. The maximum Gasteiger partial charge on any atom is 0.278 e. The second-order valence-electron chi connectivity index (χ2n) is 6.17. The van der Waals surface area contributed by atoms with Crippen molar-refractivity contribution in [3.63, 3.8) is 0 Å². The summed E-state index contributed by atoms with van der Waals surface area (Å²) in [6, 6.07) is 10.9. The number of aromatic nitrogens is 1. The highest BCUT2D eigenvalue weighted by atomic mass is 35.5. The van der Waals surface area contributed by atoms with Gasteiger partial charge in [0.15, 0.2) is 5.69 Å². The van der Waals surface area contributed by atoms with Crippen LogP contribution in [0.25, 0.3) is 0 Å². The molecule has 140 valence electrons. The van der Waals surface area contributed by atoms with Crippen LogP contribution in [0.1, 0.15) is 32.9 Å². The van der Waals surface area contributed by atoms with Gasteiger partial charge in [0, 0.05) is 0 Å². The molecule has 0 aliphatic heterocycles. The molecular weight excluding hydrogens is 387 g/mol. The van der Waals surface area contributed by atoms with E-state index in [-0.39, 0.29) is 12.3 Å². The quantitative estimate of drug-likeness (QED) is 0.588. The number of nitrogens with one attached hydrogen (secondary N) is 1. The van der Waals surface area contributed by atoms with Gasteiger partial charge in [0.1, 0.15) is 18.1 Å². The predicted molar refractivity (Wildman–Crippen MR) is 106 cm³/mol. The Balaban J connectivity index is 1.80. The predicted octanol–water partition coefficient (Wildman–Crippen LogP) is 5.74. The Labute approximate surface area is 167 Å². The van der Waals surface area contributed by atoms with Gasteiger partial charge in [-0.1, -0.05) is 52.1 Å². The lowest BCUT2D eigenvalue weighted by Gasteiger charge is -2.11. The van der Waals surface area contributed by atoms with Crippen molar-refractivity contribution in [3.8, 4) is 5.75 Å². The molecule has 0 spiro atoms. The van der Waals surface area contributed by atoms with Gasteiger partial charge in [-0.15, -0.1) is 0 Å². The first-order valence-electron chi connectivity index (χ1n) is 8.27. The van der Waals surface area contributed by atoms with E-state index in [1.54, 1.807) is 25.1 Å². The monoisotopic (exact) mass is 404 g/mol. The molecule has 0 aliphatic rings. The Kier molecular flexibility index (Phi) is 5.73. The maximum absolute atomic E-state index is 12.7. The Morgan fingerprint density at radius 2 is 1.85 bits per heavy atom. The Bertz CT molecular complexity index is 979. The van der Waals surface area contributed by atoms with E-state index in [0.29, 0.717) is 27.1 Å². The molecule has 0 bridgehead atoms. The first kappa shape index (κ1) is 19.3. The zero-order valence-electron chi connectivity index (χ0n) is 15.1. The van der Waals surface area contributed by atoms with Crippen molar-refractivity contribution in [2.24, 2.45) is 0 Å². The molecule has 7 heteroatoms. The highest BCUT2D eigenvalue weighted by Crippen LogP contribution is 2.30. The number of hydrogen-bond acceptors (Lipinski definition) is 4. The normalized spacial score (nSPS) is 10.7. The summed E-state index contributed by atoms with van der Waals surface area (Å²) in [5.41, 5.74) is 3.19. The van der Waals surface area contributed by atoms with E-state index in [4.69, 9.17) is 32.5 Å². The van der Waals surface area contributed by atoms with Crippen molar-refractivity contribution in [2.75, 3.05) is 5.32 Å². The van der Waals surface area contributed by atoms with Crippen LogP contribution in [0.5, 0.6) is 5.75 Å². The van der Waals surface area contributed by atoms with Gasteiger partial charge in [0.25, 0.3) is 5.91 Å². The van der Waals surface area contributed by atoms with Crippen molar-refractivity contribution in [2.45, 2.75) is 27.4 Å². The third-order valence-electron chi connectivity index (χ3n) is 4.10. The van der Waals surface area contributed by atoms with Crippen LogP contribution in [-0.4, -0.2) is 11.1 Å². The van der Waals surface area contributed by atoms with E-state index in [9.17, 15) is 4.79 Å². The van der Waals surface area contributed by atoms with Crippen molar-refractivity contribution in [3.05, 3.63) is 74.6 Å². The largest absolute Gasteiger partial charge is 0.488 e. The summed E-state index contributed by atoms with van der Waals surface area (Å²) < 4.78 is 11.1. The third kappa shape index (κ3) is 4.26. The average molecular weight is 405 g/mol. The van der Waals surface area contributed by atoms with Crippen LogP contribution >= 0.6 is 23.2 Å². The van der Waals surface area contributed by atoms with Crippen LogP contribution in [-0.2, 0) is 6.61 Å². The highest BCUT2D eigenvalue weighted by molar-refractivity contribution is 6.40. The second-order valence-corrected chi connectivity index (χ2v) is 6.99. The molecule has 3 aromatic rings. The number of rotatable bonds is 5. The summed E-state index contributed by atoms with van der Waals surface area (Å²) >= 11 is 12.2. The van der Waals surface area contributed by atoms with Crippen LogP contribution in [0, 0.1) is 20.8 Å². The van der Waals surface area contributed by atoms with Gasteiger partial charge in [-0.25, -0.2) is 0 Å². The molecule has 1 heterocycles. The summed E-state index contributed by atoms with van der Waals surface area (Å²) in [6.45, 7) is 5.87. The summed E-state index contributed by atoms with van der Waals surface area (Å²) in [5.74, 6) is 0.776. The fraction of sp³-hybridized carbons (Fsp3) is 0.200. The minimum atomic E-state index is -0.471. The van der Waals surface area contributed by atoms with Crippen molar-refractivity contribution in [1.82, 2.24) is 5.16 Å². The van der Waals surface area contributed by atoms with Gasteiger partial charge >= 0.3 is 0 Å². The smallest absolute Gasteiger partial charge is 0.278 e. The summed E-state index contributed by atoms with van der Waals surface area (Å²) in [5, 5.41) is 7.23. The zero-order chi connectivity index (χ0) is 19.6. The van der Waals surface area contributed by atoms with Crippen LogP contribution in [0.3, 0.4) is 0 Å². The fourth-order valence-corrected chi connectivity index (χ4v) is 3.13. The Hall–Kier alpha value is -2.50. The van der Waals surface area contributed by atoms with Gasteiger partial charge in [-0.05, 0) is 44.5 Å². The molecule has 1 amide bonds. The second kappa shape index (κ2) is 8.03. The molecule has 0 unspecified atom stereocenters. The summed E-state index contributed by atoms with van der Waals surface area (Å²) in [6.07, 6.45) is 0. The molecule has 0 atom stereocenters. The number of nitrogens with zero attached hydrogens (tertiary/aromatic N) is 1. The van der Waals surface area contributed by atoms with Crippen LogP contribution < -0.4 is 10.1 Å². The first-order valence-corrected chi connectivity index (χ1v) is 9.03. The number of anilines is 1. The summed E-state index contributed by atoms with van der Waals surface area (Å²) in [4.78, 5) is 12.7. The van der Waals surface area contributed by atoms with E-state index in [2.05, 4.69) is 10.5 Å². The van der Waals surface area contributed by atoms with Gasteiger partial charge in [-0.2, -0.15) is 0 Å². The average Bonchev–Trinajstić information content (AvgIpc) is 2.98. The topological polar surface area (TPSA) is 64.4 Å². The molecule has 1 aromatic heterocycles. The van der Waals surface area contributed by atoms with E-state index in [1.807, 2.05) is 32.0 Å². The molecular formula is C20H18Cl2N2O3. The molecule has 0 aliphatic carbocycles. The Morgan fingerprint density at radius 1 is 1.15 bits per heavy atom. The lowest BCUT2D eigenvalue weighted by molar-refractivity contribution is 0.101. The number of hydrogen-bond donors (Lipinski definition) is 1. The molecule has 27 heavy (non-hydrogen) atoms. The molecule has 0 fully saturated rings. The van der Waals surface area contributed by atoms with Crippen LogP contribution in [0.15, 0.2) is 40.9 Å². The SMILES string of the molecule is Cc1ccc(OCc2c(C(=O)Nc3c(Cl)cccc3Cl)noc2C)c(C)c1. The zero-order valence-corrected chi connectivity index (χ0v) is 16.6. The van der Waals surface area contributed by atoms with E-state index in [0.717, 1.165) is 16.9 Å². The third-order valence-corrected chi connectivity index (χ3v) is 4.73. The van der Waals surface area contributed by atoms with Gasteiger partial charge in [0.2, 0.25) is 0 Å². The van der Waals surface area contributed by atoms with Crippen molar-refractivity contribution >= 4 is 34.8 Å². The molecule has 0 saturated carbocycles. The number of ether oxygens (including phenoxy) is 1. The van der Waals surface area contributed by atoms with Gasteiger partial charge < -0.3 is 14.6 Å². The minimum absolute atomic E-state index is 0.133. The van der Waals surface area contributed by atoms with E-state index in [1.165, 1.54) is 0 Å². The molecule has 0 radical (unpaired) electrons. The lowest BCUT2D eigenvalue weighted by atomic mass is 10.1. The number of benzene rings is 2. The van der Waals surface area contributed by atoms with Gasteiger partial charge in [0.05, 0.1) is 21.3 Å². The fourth-order valence-electron chi connectivity index (χ4n) is 2.64. The lowest BCUT2D eigenvalue weighted by Crippen LogP contribution is -2.16. The summed E-state index contributed by atoms with van der Waals surface area (Å²) in [7, 11) is 0. The Morgan fingerprint density at radius 3 is 2.52 bits per heavy atom. The van der Waals surface area contributed by atoms with E-state index < -0.39 is 5.91 Å². The minimum Gasteiger partial charge on any atom is -0.488 e. The van der Waals surface area contributed by atoms with Crippen molar-refractivity contribution < 1.29 is 14.1 Å². The number of carbonyl (C=O) groups excluding carboxylic acids is 1. The maximum atomic E-state index is 12.7. The molecule has 1 N–H and O–H groups in total. The molecule has 3 rings (SSSR count).